The minimum absolute atomic E-state index is 0.244. The van der Waals surface area contributed by atoms with Gasteiger partial charge in [0, 0.05) is 20.0 Å². The Hall–Kier alpha value is -2.49. The number of carbonyl (C=O) groups excluding carboxylic acids is 1. The third-order valence-corrected chi connectivity index (χ3v) is 8.33. The molecule has 0 saturated heterocycles. The molecule has 1 fully saturated rings. The minimum atomic E-state index is -2.01. The molecular weight excluding hydrogens is 405 g/mol. The van der Waals surface area contributed by atoms with Crippen molar-refractivity contribution >= 4 is 35.1 Å². The number of aldehydes is 1. The summed E-state index contributed by atoms with van der Waals surface area (Å²) in [6.07, 6.45) is 3.28. The topological polar surface area (TPSA) is 61.5 Å². The van der Waals surface area contributed by atoms with Crippen LogP contribution in [0.4, 0.5) is 0 Å². The molecule has 1 aliphatic carbocycles. The highest BCUT2D eigenvalue weighted by Gasteiger charge is 2.25. The molecule has 5 heteroatoms. The highest BCUT2D eigenvalue weighted by molar-refractivity contribution is 7.94. The van der Waals surface area contributed by atoms with Crippen LogP contribution in [-0.4, -0.2) is 32.2 Å². The molecule has 0 aromatic heterocycles. The van der Waals surface area contributed by atoms with Crippen molar-refractivity contribution in [3.05, 3.63) is 91.0 Å². The molecule has 0 atom stereocenters. The van der Waals surface area contributed by atoms with E-state index in [1.165, 1.54) is 35.7 Å². The van der Waals surface area contributed by atoms with Crippen molar-refractivity contribution in [2.75, 3.05) is 13.9 Å². The van der Waals surface area contributed by atoms with Gasteiger partial charge in [-0.05, 0) is 35.7 Å². The number of nitrogens with two attached hydrogens (primary N) is 1. The maximum atomic E-state index is 8.81. The van der Waals surface area contributed by atoms with Gasteiger partial charge in [-0.25, -0.2) is 0 Å². The lowest BCUT2D eigenvalue weighted by atomic mass is 10.4. The lowest BCUT2D eigenvalue weighted by molar-refractivity contribution is -0.106. The third kappa shape index (κ3) is 7.61. The number of hydrogen-bond acceptors (Lipinski definition) is 4. The Morgan fingerprint density at radius 1 is 0.839 bits per heavy atom. The smallest absolute Gasteiger partial charge is 0.151 e. The van der Waals surface area contributed by atoms with Gasteiger partial charge in [-0.3, -0.25) is 0 Å². The predicted octanol–water partition coefficient (Wildman–Crippen LogP) is 3.67. The third-order valence-electron chi connectivity index (χ3n) is 4.53. The van der Waals surface area contributed by atoms with Gasteiger partial charge in [0.05, 0.1) is 5.98 Å². The second-order valence-electron chi connectivity index (χ2n) is 6.98. The molecule has 0 amide bonds. The van der Waals surface area contributed by atoms with Crippen LogP contribution in [-0.2, 0) is 14.3 Å². The van der Waals surface area contributed by atoms with E-state index in [0.717, 1.165) is 6.29 Å². The summed E-state index contributed by atoms with van der Waals surface area (Å²) in [5.41, 5.74) is 5.22. The number of hydrogen-bond donors (Lipinski definition) is 1. The zero-order chi connectivity index (χ0) is 22.4. The first-order valence-corrected chi connectivity index (χ1v) is 12.2. The van der Waals surface area contributed by atoms with Crippen LogP contribution < -0.4 is 21.6 Å². The summed E-state index contributed by atoms with van der Waals surface area (Å²) in [5.74, 6) is 2.00. The molecule has 0 heterocycles. The maximum absolute atomic E-state index is 8.81. The van der Waals surface area contributed by atoms with Gasteiger partial charge in [0.1, 0.15) is 6.29 Å². The van der Waals surface area contributed by atoms with Crippen LogP contribution in [0.2, 0.25) is 0 Å². The van der Waals surface area contributed by atoms with Gasteiger partial charge in [-0.1, -0.05) is 91.0 Å². The van der Waals surface area contributed by atoms with Crippen LogP contribution in [0.3, 0.4) is 0 Å². The monoisotopic (exact) mass is 437 g/mol. The minimum Gasteiger partial charge on any atom is -0.358 e. The highest BCUT2D eigenvalue weighted by atomic mass is 31.2. The molecule has 164 valence electrons. The standard InChI is InChI=1S/C21H21O2P.C3H7N.C2H4O/c1-22-17-23-18-24(19-11-5-2-6-12-19,20-13-7-3-8-14-20)21-15-9-4-10-16-21;4-3-1-2-3;1-2-3/h2-16,18H,17H2,1H3;3H,1-2,4H2;2H,1H3. The molecule has 0 spiro atoms. The summed E-state index contributed by atoms with van der Waals surface area (Å²) in [5, 5.41) is 3.79. The van der Waals surface area contributed by atoms with E-state index < -0.39 is 6.89 Å². The molecule has 3 aromatic carbocycles. The van der Waals surface area contributed by atoms with Crippen molar-refractivity contribution in [3.8, 4) is 0 Å². The Balaban J connectivity index is 0.000000420. The maximum Gasteiger partial charge on any atom is 0.151 e. The molecule has 4 nitrogen and oxygen atoms in total. The summed E-state index contributed by atoms with van der Waals surface area (Å²) in [4.78, 5) is 8.81. The second-order valence-corrected chi connectivity index (χ2v) is 10.2. The first-order chi connectivity index (χ1) is 15.2. The Morgan fingerprint density at radius 3 is 1.42 bits per heavy atom. The Labute approximate surface area is 186 Å². The van der Waals surface area contributed by atoms with Gasteiger partial charge in [-0.2, -0.15) is 0 Å². The van der Waals surface area contributed by atoms with E-state index in [1.54, 1.807) is 7.11 Å². The van der Waals surface area contributed by atoms with Crippen LogP contribution in [0.25, 0.3) is 0 Å². The van der Waals surface area contributed by atoms with E-state index in [4.69, 9.17) is 20.0 Å². The average molecular weight is 438 g/mol. The lowest BCUT2D eigenvalue weighted by Crippen LogP contribution is -2.27. The fourth-order valence-electron chi connectivity index (χ4n) is 2.93. The first-order valence-electron chi connectivity index (χ1n) is 10.3. The summed E-state index contributed by atoms with van der Waals surface area (Å²) >= 11 is 0. The van der Waals surface area contributed by atoms with Crippen LogP contribution in [0, 0.1) is 0 Å². The predicted molar refractivity (Wildman–Crippen MR) is 133 cm³/mol. The van der Waals surface area contributed by atoms with E-state index >= 15 is 0 Å². The van der Waals surface area contributed by atoms with Gasteiger partial charge in [-0.15, -0.1) is 0 Å². The molecule has 3 aromatic rings. The number of methoxy groups -OCH3 is 1. The number of rotatable bonds is 6. The fourth-order valence-corrected chi connectivity index (χ4v) is 6.40. The molecule has 0 radical (unpaired) electrons. The average Bonchev–Trinajstić information content (AvgIpc) is 3.62. The van der Waals surface area contributed by atoms with Crippen molar-refractivity contribution in [1.29, 1.82) is 0 Å². The summed E-state index contributed by atoms with van der Waals surface area (Å²) in [6, 6.07) is 32.3. The zero-order valence-corrected chi connectivity index (χ0v) is 19.2. The molecule has 1 aliphatic rings. The van der Waals surface area contributed by atoms with Crippen molar-refractivity contribution in [2.24, 2.45) is 5.73 Å². The van der Waals surface area contributed by atoms with E-state index in [0.29, 0.717) is 6.04 Å². The number of carbonyl (C=O) groups is 1. The second kappa shape index (κ2) is 13.7. The number of ether oxygens (including phenoxy) is 2. The molecule has 4 rings (SSSR count). The molecule has 0 unspecified atom stereocenters. The fraction of sp³-hybridized carbons (Fsp3) is 0.231. The normalized spacial score (nSPS) is 12.5. The first kappa shape index (κ1) is 24.8. The molecular formula is C26H32NO3P. The summed E-state index contributed by atoms with van der Waals surface area (Å²) < 4.78 is 10.9. The number of benzene rings is 3. The largest absolute Gasteiger partial charge is 0.358 e. The van der Waals surface area contributed by atoms with E-state index in [2.05, 4.69) is 72.8 Å². The summed E-state index contributed by atoms with van der Waals surface area (Å²) in [7, 11) is 1.64. The molecule has 0 bridgehead atoms. The van der Waals surface area contributed by atoms with Crippen molar-refractivity contribution in [1.82, 2.24) is 0 Å². The SMILES string of the molecule is CC=O.COCOC=P(c1ccccc1)(c1ccccc1)c1ccccc1.NC1CC1. The van der Waals surface area contributed by atoms with Crippen LogP contribution in [0.5, 0.6) is 0 Å². The summed E-state index contributed by atoms with van der Waals surface area (Å²) in [6.45, 7) is -0.321. The Morgan fingerprint density at radius 2 is 1.16 bits per heavy atom. The van der Waals surface area contributed by atoms with Crippen molar-refractivity contribution < 1.29 is 14.3 Å². The lowest BCUT2D eigenvalue weighted by Gasteiger charge is -2.28. The highest BCUT2D eigenvalue weighted by Crippen LogP contribution is 2.43. The van der Waals surface area contributed by atoms with E-state index in [-0.39, 0.29) is 6.79 Å². The van der Waals surface area contributed by atoms with E-state index in [1.807, 2.05) is 24.2 Å². The van der Waals surface area contributed by atoms with E-state index in [9.17, 15) is 0 Å². The van der Waals surface area contributed by atoms with Crippen LogP contribution in [0.15, 0.2) is 91.0 Å². The quantitative estimate of drug-likeness (QED) is 0.277. The van der Waals surface area contributed by atoms with Crippen molar-refractivity contribution in [2.45, 2.75) is 25.8 Å². The van der Waals surface area contributed by atoms with Gasteiger partial charge >= 0.3 is 0 Å². The molecule has 31 heavy (non-hydrogen) atoms. The Bertz CT molecular complexity index is 823. The van der Waals surface area contributed by atoms with Gasteiger partial charge in [0.25, 0.3) is 0 Å². The van der Waals surface area contributed by atoms with Gasteiger partial charge in [0.15, 0.2) is 6.79 Å². The Kier molecular flexibility index (Phi) is 11.0. The van der Waals surface area contributed by atoms with Gasteiger partial charge in [0.2, 0.25) is 0 Å². The zero-order valence-electron chi connectivity index (χ0n) is 18.3. The van der Waals surface area contributed by atoms with Gasteiger partial charge < -0.3 is 20.0 Å². The van der Waals surface area contributed by atoms with Crippen LogP contribution >= 0.6 is 6.89 Å². The van der Waals surface area contributed by atoms with Crippen LogP contribution in [0.1, 0.15) is 19.8 Å². The molecule has 2 N–H and O–H groups in total. The molecule has 0 aliphatic heterocycles. The molecule has 1 saturated carbocycles. The van der Waals surface area contributed by atoms with Crippen molar-refractivity contribution in [3.63, 3.8) is 0 Å².